The van der Waals surface area contributed by atoms with E-state index in [1.165, 1.54) is 0 Å². The third-order valence-electron chi connectivity index (χ3n) is 1.42. The van der Waals surface area contributed by atoms with Crippen LogP contribution in [-0.4, -0.2) is 9.97 Å². The molecule has 0 saturated heterocycles. The van der Waals surface area contributed by atoms with Gasteiger partial charge in [0.2, 0.25) is 0 Å². The highest BCUT2D eigenvalue weighted by Gasteiger charge is 1.92. The first-order chi connectivity index (χ1) is 4.86. The van der Waals surface area contributed by atoms with Crippen LogP contribution in [0.1, 0.15) is 0 Å². The van der Waals surface area contributed by atoms with E-state index in [-0.39, 0.29) is 12.4 Å². The largest absolute Gasteiger partial charge is 0.397 e. The van der Waals surface area contributed by atoms with E-state index in [0.29, 0.717) is 5.69 Å². The smallest absolute Gasteiger partial charge is 0.137 e. The second-order valence-corrected chi connectivity index (χ2v) is 2.18. The Kier molecular flexibility index (Phi) is 2.01. The molecule has 0 atom stereocenters. The molecule has 0 aliphatic rings. The molecule has 0 unspecified atom stereocenters. The van der Waals surface area contributed by atoms with Gasteiger partial charge in [-0.3, -0.25) is 0 Å². The molecule has 3 nitrogen and oxygen atoms in total. The van der Waals surface area contributed by atoms with Crippen LogP contribution in [0.4, 0.5) is 5.69 Å². The van der Waals surface area contributed by atoms with Crippen molar-refractivity contribution in [2.45, 2.75) is 0 Å². The second-order valence-electron chi connectivity index (χ2n) is 2.18. The summed E-state index contributed by atoms with van der Waals surface area (Å²) >= 11 is 0. The molecule has 0 amide bonds. The molecule has 0 saturated carbocycles. The molecular weight excluding hydrogens is 162 g/mol. The lowest BCUT2D eigenvalue weighted by atomic mass is 10.3. The normalized spacial score (nSPS) is 9.45. The van der Waals surface area contributed by atoms with Gasteiger partial charge in [0, 0.05) is 11.6 Å². The summed E-state index contributed by atoms with van der Waals surface area (Å²) in [6, 6.07) is 3.83. The van der Waals surface area contributed by atoms with Crippen molar-refractivity contribution >= 4 is 29.1 Å². The number of pyridine rings is 1. The Balaban J connectivity index is 0.000000605. The molecule has 2 aromatic heterocycles. The van der Waals surface area contributed by atoms with E-state index in [1.807, 2.05) is 18.3 Å². The lowest BCUT2D eigenvalue weighted by Gasteiger charge is -1.89. The quantitative estimate of drug-likeness (QED) is 0.629. The number of nitrogens with two attached hydrogens (primary N) is 1. The Morgan fingerprint density at radius 1 is 1.45 bits per heavy atom. The number of halogens is 1. The molecule has 0 spiro atoms. The first-order valence-corrected chi connectivity index (χ1v) is 3.05. The maximum Gasteiger partial charge on any atom is 0.137 e. The summed E-state index contributed by atoms with van der Waals surface area (Å²) in [4.78, 5) is 7.04. The molecular formula is C7H8ClN3. The summed E-state index contributed by atoms with van der Waals surface area (Å²) in [6.07, 6.45) is 3.48. The minimum atomic E-state index is 0. The SMILES string of the molecule is Cl.Nc1cnc2[nH]ccc2c1. The van der Waals surface area contributed by atoms with Gasteiger partial charge in [0.15, 0.2) is 0 Å². The van der Waals surface area contributed by atoms with Gasteiger partial charge in [-0.25, -0.2) is 4.98 Å². The van der Waals surface area contributed by atoms with E-state index in [4.69, 9.17) is 5.73 Å². The van der Waals surface area contributed by atoms with Crippen molar-refractivity contribution in [2.75, 3.05) is 5.73 Å². The van der Waals surface area contributed by atoms with Crippen LogP contribution in [0, 0.1) is 0 Å². The van der Waals surface area contributed by atoms with E-state index in [9.17, 15) is 0 Å². The number of nitrogens with zero attached hydrogens (tertiary/aromatic N) is 1. The molecule has 0 aliphatic heterocycles. The second kappa shape index (κ2) is 2.80. The molecule has 58 valence electrons. The number of aromatic nitrogens is 2. The van der Waals surface area contributed by atoms with Gasteiger partial charge < -0.3 is 10.7 Å². The van der Waals surface area contributed by atoms with Crippen molar-refractivity contribution in [3.8, 4) is 0 Å². The average molecular weight is 170 g/mol. The van der Waals surface area contributed by atoms with Crippen LogP contribution >= 0.6 is 12.4 Å². The van der Waals surface area contributed by atoms with Crippen LogP contribution in [0.2, 0.25) is 0 Å². The standard InChI is InChI=1S/C7H7N3.ClH/c8-6-3-5-1-2-9-7(5)10-4-6;/h1-4H,8H2,(H,9,10);1H. The summed E-state index contributed by atoms with van der Waals surface area (Å²) in [5.41, 5.74) is 7.09. The average Bonchev–Trinajstić information content (AvgIpc) is 2.33. The Labute approximate surface area is 70.0 Å². The zero-order valence-corrected chi connectivity index (χ0v) is 6.56. The molecule has 0 aliphatic carbocycles. The van der Waals surface area contributed by atoms with Crippen molar-refractivity contribution in [3.63, 3.8) is 0 Å². The van der Waals surface area contributed by atoms with E-state index >= 15 is 0 Å². The molecule has 2 heterocycles. The molecule has 2 rings (SSSR count). The number of hydrogen-bond donors (Lipinski definition) is 2. The van der Waals surface area contributed by atoms with Crippen molar-refractivity contribution in [1.82, 2.24) is 9.97 Å². The highest BCUT2D eigenvalue weighted by molar-refractivity contribution is 5.85. The Hall–Kier alpha value is -1.22. The van der Waals surface area contributed by atoms with Gasteiger partial charge in [-0.2, -0.15) is 0 Å². The number of nitrogens with one attached hydrogen (secondary N) is 1. The summed E-state index contributed by atoms with van der Waals surface area (Å²) in [6.45, 7) is 0. The molecule has 0 fully saturated rings. The van der Waals surface area contributed by atoms with Crippen molar-refractivity contribution in [3.05, 3.63) is 24.5 Å². The summed E-state index contributed by atoms with van der Waals surface area (Å²) in [5, 5.41) is 1.06. The van der Waals surface area contributed by atoms with Crippen LogP contribution in [0.25, 0.3) is 11.0 Å². The van der Waals surface area contributed by atoms with E-state index in [2.05, 4.69) is 9.97 Å². The Morgan fingerprint density at radius 2 is 2.27 bits per heavy atom. The molecule has 4 heteroatoms. The first kappa shape index (κ1) is 7.88. The number of H-pyrrole nitrogens is 1. The molecule has 0 radical (unpaired) electrons. The molecule has 0 aromatic carbocycles. The first-order valence-electron chi connectivity index (χ1n) is 3.05. The summed E-state index contributed by atoms with van der Waals surface area (Å²) in [7, 11) is 0. The summed E-state index contributed by atoms with van der Waals surface area (Å²) < 4.78 is 0. The Morgan fingerprint density at radius 3 is 3.09 bits per heavy atom. The van der Waals surface area contributed by atoms with Crippen molar-refractivity contribution in [1.29, 1.82) is 0 Å². The fraction of sp³-hybridized carbons (Fsp3) is 0. The van der Waals surface area contributed by atoms with E-state index in [1.54, 1.807) is 6.20 Å². The highest BCUT2D eigenvalue weighted by atomic mass is 35.5. The monoisotopic (exact) mass is 169 g/mol. The minimum Gasteiger partial charge on any atom is -0.397 e. The number of fused-ring (bicyclic) bond motifs is 1. The van der Waals surface area contributed by atoms with Crippen molar-refractivity contribution < 1.29 is 0 Å². The van der Waals surface area contributed by atoms with E-state index in [0.717, 1.165) is 11.0 Å². The molecule has 2 aromatic rings. The molecule has 11 heavy (non-hydrogen) atoms. The Bertz CT molecular complexity index is 355. The number of hydrogen-bond acceptors (Lipinski definition) is 2. The van der Waals surface area contributed by atoms with Gasteiger partial charge in [0.1, 0.15) is 5.65 Å². The van der Waals surface area contributed by atoms with Crippen LogP contribution in [0.3, 0.4) is 0 Å². The van der Waals surface area contributed by atoms with Crippen LogP contribution < -0.4 is 5.73 Å². The van der Waals surface area contributed by atoms with Crippen molar-refractivity contribution in [2.24, 2.45) is 0 Å². The zero-order chi connectivity index (χ0) is 6.97. The van der Waals surface area contributed by atoms with E-state index < -0.39 is 0 Å². The lowest BCUT2D eigenvalue weighted by molar-refractivity contribution is 1.33. The topological polar surface area (TPSA) is 54.7 Å². The third kappa shape index (κ3) is 1.28. The number of anilines is 1. The maximum absolute atomic E-state index is 5.51. The maximum atomic E-state index is 5.51. The number of rotatable bonds is 0. The predicted octanol–water partition coefficient (Wildman–Crippen LogP) is 1.57. The predicted molar refractivity (Wildman–Crippen MR) is 47.8 cm³/mol. The molecule has 0 bridgehead atoms. The van der Waals surface area contributed by atoms with Crippen LogP contribution in [0.15, 0.2) is 24.5 Å². The van der Waals surface area contributed by atoms with Crippen LogP contribution in [-0.2, 0) is 0 Å². The molecule has 3 N–H and O–H groups in total. The lowest BCUT2D eigenvalue weighted by Crippen LogP contribution is -1.84. The van der Waals surface area contributed by atoms with Gasteiger partial charge in [-0.15, -0.1) is 12.4 Å². The number of aromatic amines is 1. The summed E-state index contributed by atoms with van der Waals surface area (Å²) in [5.74, 6) is 0. The van der Waals surface area contributed by atoms with Gasteiger partial charge in [-0.1, -0.05) is 0 Å². The van der Waals surface area contributed by atoms with Gasteiger partial charge in [0.25, 0.3) is 0 Å². The minimum absolute atomic E-state index is 0. The third-order valence-corrected chi connectivity index (χ3v) is 1.42. The van der Waals surface area contributed by atoms with Gasteiger partial charge in [-0.05, 0) is 12.1 Å². The van der Waals surface area contributed by atoms with Gasteiger partial charge in [0.05, 0.1) is 11.9 Å². The van der Waals surface area contributed by atoms with Gasteiger partial charge >= 0.3 is 0 Å². The fourth-order valence-corrected chi connectivity index (χ4v) is 0.957. The van der Waals surface area contributed by atoms with Crippen LogP contribution in [0.5, 0.6) is 0 Å². The number of nitrogen functional groups attached to an aromatic ring is 1. The highest BCUT2D eigenvalue weighted by Crippen LogP contribution is 2.11. The fourth-order valence-electron chi connectivity index (χ4n) is 0.957. The zero-order valence-electron chi connectivity index (χ0n) is 5.74.